The summed E-state index contributed by atoms with van der Waals surface area (Å²) in [5.74, 6) is 0.690. The van der Waals surface area contributed by atoms with Crippen LogP contribution in [0.5, 0.6) is 0 Å². The van der Waals surface area contributed by atoms with Crippen molar-refractivity contribution in [2.75, 3.05) is 5.32 Å². The van der Waals surface area contributed by atoms with Crippen LogP contribution in [0.2, 0.25) is 10.0 Å². The predicted octanol–water partition coefficient (Wildman–Crippen LogP) is 5.77. The molecule has 1 fully saturated rings. The molecule has 1 aliphatic carbocycles. The van der Waals surface area contributed by atoms with E-state index in [4.69, 9.17) is 23.2 Å². The Bertz CT molecular complexity index is 950. The number of hydrogen-bond donors (Lipinski definition) is 1. The molecule has 1 amide bonds. The summed E-state index contributed by atoms with van der Waals surface area (Å²) in [6.45, 7) is 1.83. The van der Waals surface area contributed by atoms with Gasteiger partial charge in [-0.3, -0.25) is 9.36 Å². The molecule has 4 rings (SSSR count). The maximum absolute atomic E-state index is 12.6. The highest BCUT2D eigenvalue weighted by atomic mass is 35.5. The van der Waals surface area contributed by atoms with Crippen LogP contribution in [0, 0.1) is 0 Å². The molecule has 0 radical (unpaired) electrons. The first kappa shape index (κ1) is 18.8. The second-order valence-electron chi connectivity index (χ2n) is 6.23. The summed E-state index contributed by atoms with van der Waals surface area (Å²) in [6.07, 6.45) is 2.22. The molecule has 140 valence electrons. The maximum atomic E-state index is 12.6. The van der Waals surface area contributed by atoms with Gasteiger partial charge in [0.25, 0.3) is 0 Å². The van der Waals surface area contributed by atoms with Gasteiger partial charge in [-0.1, -0.05) is 47.1 Å². The first-order valence-corrected chi connectivity index (χ1v) is 11.0. The Morgan fingerprint density at radius 2 is 2.00 bits per heavy atom. The number of para-hydroxylation sites is 1. The summed E-state index contributed by atoms with van der Waals surface area (Å²) in [7, 11) is 0. The van der Waals surface area contributed by atoms with Gasteiger partial charge in [0, 0.05) is 6.04 Å². The van der Waals surface area contributed by atoms with Crippen molar-refractivity contribution < 1.29 is 4.79 Å². The second-order valence-corrected chi connectivity index (χ2v) is 9.30. The van der Waals surface area contributed by atoms with E-state index < -0.39 is 0 Å². The van der Waals surface area contributed by atoms with E-state index in [1.165, 1.54) is 11.8 Å². The Balaban J connectivity index is 1.53. The van der Waals surface area contributed by atoms with Crippen molar-refractivity contribution in [3.63, 3.8) is 0 Å². The molecule has 5 nitrogen and oxygen atoms in total. The largest absolute Gasteiger partial charge is 0.323 e. The van der Waals surface area contributed by atoms with Crippen molar-refractivity contribution in [3.8, 4) is 10.7 Å². The molecule has 0 aliphatic heterocycles. The van der Waals surface area contributed by atoms with Crippen LogP contribution in [-0.4, -0.2) is 25.9 Å². The molecular formula is C18H16Cl2N4OS2. The van der Waals surface area contributed by atoms with Crippen LogP contribution >= 0.6 is 46.3 Å². The molecule has 0 spiro atoms. The molecule has 2 aromatic heterocycles. The Morgan fingerprint density at radius 3 is 2.63 bits per heavy atom. The Hall–Kier alpha value is -1.54. The number of aromatic nitrogens is 3. The Labute approximate surface area is 175 Å². The quantitative estimate of drug-likeness (QED) is 0.496. The van der Waals surface area contributed by atoms with Crippen molar-refractivity contribution in [2.45, 2.75) is 36.2 Å². The van der Waals surface area contributed by atoms with E-state index in [9.17, 15) is 4.79 Å². The fraction of sp³-hybridized carbons (Fsp3) is 0.278. The highest BCUT2D eigenvalue weighted by Gasteiger charge is 2.32. The molecule has 9 heteroatoms. The van der Waals surface area contributed by atoms with E-state index in [1.807, 2.05) is 24.4 Å². The third-order valence-corrected chi connectivity index (χ3v) is 6.73. The monoisotopic (exact) mass is 438 g/mol. The number of hydrogen-bond acceptors (Lipinski definition) is 5. The number of amides is 1. The molecule has 1 saturated carbocycles. The lowest BCUT2D eigenvalue weighted by Gasteiger charge is -2.14. The van der Waals surface area contributed by atoms with Crippen molar-refractivity contribution >= 4 is 57.9 Å². The van der Waals surface area contributed by atoms with E-state index in [2.05, 4.69) is 20.1 Å². The van der Waals surface area contributed by atoms with Crippen LogP contribution in [0.15, 0.2) is 40.9 Å². The molecule has 2 heterocycles. The average molecular weight is 439 g/mol. The summed E-state index contributed by atoms with van der Waals surface area (Å²) >= 11 is 15.3. The summed E-state index contributed by atoms with van der Waals surface area (Å²) in [4.78, 5) is 13.7. The van der Waals surface area contributed by atoms with Gasteiger partial charge >= 0.3 is 0 Å². The molecule has 0 saturated heterocycles. The number of nitrogens with one attached hydrogen (secondary N) is 1. The van der Waals surface area contributed by atoms with Gasteiger partial charge in [0.2, 0.25) is 5.91 Å². The van der Waals surface area contributed by atoms with Crippen molar-refractivity contribution in [1.29, 1.82) is 0 Å². The van der Waals surface area contributed by atoms with Gasteiger partial charge in [-0.05, 0) is 43.3 Å². The van der Waals surface area contributed by atoms with E-state index in [0.29, 0.717) is 21.8 Å². The lowest BCUT2D eigenvalue weighted by molar-refractivity contribution is -0.115. The number of rotatable bonds is 6. The van der Waals surface area contributed by atoms with Crippen LogP contribution < -0.4 is 5.32 Å². The first-order chi connectivity index (χ1) is 13.0. The molecule has 1 aliphatic rings. The lowest BCUT2D eigenvalue weighted by atomic mass is 10.3. The van der Waals surface area contributed by atoms with Gasteiger partial charge in [-0.15, -0.1) is 21.5 Å². The summed E-state index contributed by atoms with van der Waals surface area (Å²) in [6, 6.07) is 9.57. The molecular weight excluding hydrogens is 423 g/mol. The minimum atomic E-state index is -0.379. The van der Waals surface area contributed by atoms with Gasteiger partial charge in [0.05, 0.1) is 25.9 Å². The molecule has 3 aromatic rings. The Kier molecular flexibility index (Phi) is 5.45. The van der Waals surface area contributed by atoms with Crippen LogP contribution in [0.1, 0.15) is 25.8 Å². The fourth-order valence-electron chi connectivity index (χ4n) is 2.65. The van der Waals surface area contributed by atoms with E-state index in [1.54, 1.807) is 29.5 Å². The maximum Gasteiger partial charge on any atom is 0.237 e. The van der Waals surface area contributed by atoms with Crippen LogP contribution in [0.4, 0.5) is 5.69 Å². The van der Waals surface area contributed by atoms with Gasteiger partial charge in [0.15, 0.2) is 11.0 Å². The van der Waals surface area contributed by atoms with Gasteiger partial charge in [-0.2, -0.15) is 0 Å². The second kappa shape index (κ2) is 7.83. The number of carbonyl (C=O) groups excluding carboxylic acids is 1. The number of thiophene rings is 1. The van der Waals surface area contributed by atoms with E-state index in [-0.39, 0.29) is 11.2 Å². The fourth-order valence-corrected chi connectivity index (χ4v) is 4.76. The molecule has 1 atom stereocenters. The number of carbonyl (C=O) groups is 1. The van der Waals surface area contributed by atoms with Crippen molar-refractivity contribution in [1.82, 2.24) is 14.8 Å². The standard InChI is InChI=1S/C18H16Cl2N4OS2/c1-10(17(25)21-15-12(19)4-2-5-13(15)20)27-18-23-22-16(14-6-3-9-26-14)24(18)11-7-8-11/h2-6,9-11H,7-8H2,1H3,(H,21,25). The first-order valence-electron chi connectivity index (χ1n) is 8.45. The topological polar surface area (TPSA) is 59.8 Å². The minimum absolute atomic E-state index is 0.182. The molecule has 0 bridgehead atoms. The smallest absolute Gasteiger partial charge is 0.237 e. The summed E-state index contributed by atoms with van der Waals surface area (Å²) in [5, 5.41) is 14.8. The van der Waals surface area contributed by atoms with Crippen molar-refractivity contribution in [2.24, 2.45) is 0 Å². The minimum Gasteiger partial charge on any atom is -0.323 e. The molecule has 27 heavy (non-hydrogen) atoms. The van der Waals surface area contributed by atoms with Gasteiger partial charge in [0.1, 0.15) is 0 Å². The van der Waals surface area contributed by atoms with Crippen LogP contribution in [-0.2, 0) is 4.79 Å². The zero-order chi connectivity index (χ0) is 19.0. The number of anilines is 1. The third kappa shape index (κ3) is 4.01. The number of halogens is 2. The zero-order valence-corrected chi connectivity index (χ0v) is 17.5. The van der Waals surface area contributed by atoms with Gasteiger partial charge in [-0.25, -0.2) is 0 Å². The summed E-state index contributed by atoms with van der Waals surface area (Å²) < 4.78 is 2.16. The molecule has 1 N–H and O–H groups in total. The van der Waals surface area contributed by atoms with Crippen LogP contribution in [0.3, 0.4) is 0 Å². The van der Waals surface area contributed by atoms with Crippen LogP contribution in [0.25, 0.3) is 10.7 Å². The van der Waals surface area contributed by atoms with Gasteiger partial charge < -0.3 is 5.32 Å². The normalized spacial score (nSPS) is 14.9. The molecule has 1 unspecified atom stereocenters. The lowest BCUT2D eigenvalue weighted by Crippen LogP contribution is -2.23. The highest BCUT2D eigenvalue weighted by molar-refractivity contribution is 8.00. The predicted molar refractivity (Wildman–Crippen MR) is 112 cm³/mol. The summed E-state index contributed by atoms with van der Waals surface area (Å²) in [5.41, 5.74) is 0.432. The Morgan fingerprint density at radius 1 is 1.26 bits per heavy atom. The van der Waals surface area contributed by atoms with E-state index >= 15 is 0 Å². The number of thioether (sulfide) groups is 1. The van der Waals surface area contributed by atoms with Crippen molar-refractivity contribution in [3.05, 3.63) is 45.8 Å². The third-order valence-electron chi connectivity index (χ3n) is 4.18. The SMILES string of the molecule is CC(Sc1nnc(-c2cccs2)n1C1CC1)C(=O)Nc1c(Cl)cccc1Cl. The van der Waals surface area contributed by atoms with E-state index in [0.717, 1.165) is 28.7 Å². The highest BCUT2D eigenvalue weighted by Crippen LogP contribution is 2.42. The number of nitrogens with zero attached hydrogens (tertiary/aromatic N) is 3. The zero-order valence-electron chi connectivity index (χ0n) is 14.4. The molecule has 1 aromatic carbocycles. The average Bonchev–Trinajstić information content (AvgIpc) is 3.17. The number of benzene rings is 1.